The summed E-state index contributed by atoms with van der Waals surface area (Å²) in [6.45, 7) is 3.36. The predicted molar refractivity (Wildman–Crippen MR) is 101 cm³/mol. The summed E-state index contributed by atoms with van der Waals surface area (Å²) in [6, 6.07) is 10.1. The van der Waals surface area contributed by atoms with E-state index >= 15 is 0 Å². The summed E-state index contributed by atoms with van der Waals surface area (Å²) in [4.78, 5) is 34.5. The quantitative estimate of drug-likeness (QED) is 0.385. The molecule has 2 aromatic heterocycles. The Labute approximate surface area is 154 Å². The molecule has 3 aromatic rings. The van der Waals surface area contributed by atoms with Crippen LogP contribution < -0.4 is 10.6 Å². The number of aryl methyl sites for hydroxylation is 1. The molecule has 0 atom stereocenters. The van der Waals surface area contributed by atoms with Gasteiger partial charge in [0.2, 0.25) is 11.6 Å². The fourth-order valence-corrected chi connectivity index (χ4v) is 2.32. The van der Waals surface area contributed by atoms with Crippen LogP contribution in [0.4, 0.5) is 28.8 Å². The van der Waals surface area contributed by atoms with Crippen LogP contribution in [0.3, 0.4) is 0 Å². The third-order valence-electron chi connectivity index (χ3n) is 3.72. The highest BCUT2D eigenvalue weighted by Crippen LogP contribution is 2.32. The van der Waals surface area contributed by atoms with Crippen LogP contribution in [0.25, 0.3) is 0 Å². The van der Waals surface area contributed by atoms with Crippen LogP contribution in [0.1, 0.15) is 22.8 Å². The van der Waals surface area contributed by atoms with Crippen LogP contribution in [0, 0.1) is 17.0 Å². The van der Waals surface area contributed by atoms with Gasteiger partial charge in [0.1, 0.15) is 12.1 Å². The first-order valence-corrected chi connectivity index (χ1v) is 8.01. The molecule has 0 amide bonds. The van der Waals surface area contributed by atoms with Crippen molar-refractivity contribution in [2.75, 3.05) is 10.6 Å². The number of nitrogens with zero attached hydrogens (tertiary/aromatic N) is 4. The summed E-state index contributed by atoms with van der Waals surface area (Å²) in [7, 11) is 0. The highest BCUT2D eigenvalue weighted by molar-refractivity contribution is 5.94. The summed E-state index contributed by atoms with van der Waals surface area (Å²) >= 11 is 0. The maximum Gasteiger partial charge on any atom is 0.353 e. The third kappa shape index (κ3) is 4.21. The minimum absolute atomic E-state index is 0.0224. The minimum atomic E-state index is -0.567. The molecule has 1 aromatic carbocycles. The Hall–Kier alpha value is -3.88. The second kappa shape index (κ2) is 7.56. The number of aromatic nitrogens is 3. The number of nitrogens with one attached hydrogen (secondary N) is 2. The van der Waals surface area contributed by atoms with Crippen molar-refractivity contribution in [1.29, 1.82) is 0 Å². The first-order valence-electron chi connectivity index (χ1n) is 8.01. The highest BCUT2D eigenvalue weighted by atomic mass is 16.6. The van der Waals surface area contributed by atoms with Gasteiger partial charge < -0.3 is 10.6 Å². The van der Waals surface area contributed by atoms with E-state index in [-0.39, 0.29) is 23.1 Å². The van der Waals surface area contributed by atoms with Crippen molar-refractivity contribution in [1.82, 2.24) is 15.0 Å². The number of pyridine rings is 1. The first-order chi connectivity index (χ1) is 12.9. The van der Waals surface area contributed by atoms with Gasteiger partial charge in [0.25, 0.3) is 0 Å². The number of hydrogen-bond acceptors (Lipinski definition) is 8. The van der Waals surface area contributed by atoms with Crippen LogP contribution in [0.5, 0.6) is 0 Å². The van der Waals surface area contributed by atoms with Gasteiger partial charge in [0.05, 0.1) is 4.92 Å². The van der Waals surface area contributed by atoms with Crippen LogP contribution in [-0.2, 0) is 0 Å². The SMILES string of the molecule is CC(=O)c1ccc(Nc2ncnc(Nc3ccc(C)cn3)c2[N+](=O)[O-])cc1. The van der Waals surface area contributed by atoms with Crippen LogP contribution in [0.15, 0.2) is 48.9 Å². The second-order valence-electron chi connectivity index (χ2n) is 5.78. The molecule has 2 heterocycles. The van der Waals surface area contributed by atoms with Crippen molar-refractivity contribution in [2.45, 2.75) is 13.8 Å². The number of carbonyl (C=O) groups excluding carboxylic acids is 1. The lowest BCUT2D eigenvalue weighted by atomic mass is 10.1. The Bertz CT molecular complexity index is 987. The van der Waals surface area contributed by atoms with E-state index in [4.69, 9.17) is 0 Å². The molecule has 0 radical (unpaired) electrons. The molecule has 9 heteroatoms. The van der Waals surface area contributed by atoms with Crippen molar-refractivity contribution in [2.24, 2.45) is 0 Å². The Balaban J connectivity index is 1.92. The maximum absolute atomic E-state index is 11.6. The van der Waals surface area contributed by atoms with Gasteiger partial charge in [0.15, 0.2) is 5.78 Å². The highest BCUT2D eigenvalue weighted by Gasteiger charge is 2.23. The van der Waals surface area contributed by atoms with E-state index in [1.165, 1.54) is 13.3 Å². The lowest BCUT2D eigenvalue weighted by Gasteiger charge is -2.10. The maximum atomic E-state index is 11.6. The minimum Gasteiger partial charge on any atom is -0.334 e. The number of carbonyl (C=O) groups is 1. The van der Waals surface area contributed by atoms with E-state index in [2.05, 4.69) is 25.6 Å². The molecule has 3 rings (SSSR count). The first kappa shape index (κ1) is 17.9. The van der Waals surface area contributed by atoms with Crippen molar-refractivity contribution in [3.05, 3.63) is 70.2 Å². The molecule has 136 valence electrons. The lowest BCUT2D eigenvalue weighted by Crippen LogP contribution is -2.06. The Morgan fingerprint density at radius 2 is 1.67 bits per heavy atom. The predicted octanol–water partition coefficient (Wildman–Crippen LogP) is 3.78. The van der Waals surface area contributed by atoms with E-state index in [0.29, 0.717) is 17.1 Å². The van der Waals surface area contributed by atoms with Gasteiger partial charge in [-0.05, 0) is 49.7 Å². The topological polar surface area (TPSA) is 123 Å². The van der Waals surface area contributed by atoms with Gasteiger partial charge in [-0.1, -0.05) is 6.07 Å². The number of rotatable bonds is 6. The Kier molecular flexibility index (Phi) is 5.02. The molecule has 0 saturated heterocycles. The van der Waals surface area contributed by atoms with E-state index in [0.717, 1.165) is 5.56 Å². The standard InChI is InChI=1S/C18H16N6O3/c1-11-3-8-15(19-9-11)23-18-16(24(26)27)17(20-10-21-18)22-14-6-4-13(5-7-14)12(2)25/h3-10H,1-2H3,(H2,19,20,21,22,23). The summed E-state index contributed by atoms with van der Waals surface area (Å²) < 4.78 is 0. The average Bonchev–Trinajstić information content (AvgIpc) is 2.64. The van der Waals surface area contributed by atoms with Crippen LogP contribution in [0.2, 0.25) is 0 Å². The van der Waals surface area contributed by atoms with Gasteiger partial charge in [-0.15, -0.1) is 0 Å². The zero-order chi connectivity index (χ0) is 19.4. The van der Waals surface area contributed by atoms with Gasteiger partial charge in [0, 0.05) is 17.4 Å². The molecule has 9 nitrogen and oxygen atoms in total. The number of benzene rings is 1. The summed E-state index contributed by atoms with van der Waals surface area (Å²) in [6.07, 6.45) is 2.86. The van der Waals surface area contributed by atoms with Crippen molar-refractivity contribution in [3.63, 3.8) is 0 Å². The largest absolute Gasteiger partial charge is 0.353 e. The van der Waals surface area contributed by atoms with Gasteiger partial charge >= 0.3 is 5.69 Å². The average molecular weight is 364 g/mol. The van der Waals surface area contributed by atoms with Crippen molar-refractivity contribution < 1.29 is 9.72 Å². The van der Waals surface area contributed by atoms with E-state index < -0.39 is 4.92 Å². The van der Waals surface area contributed by atoms with Crippen LogP contribution in [-0.4, -0.2) is 25.7 Å². The number of anilines is 4. The molecule has 0 aliphatic heterocycles. The van der Waals surface area contributed by atoms with E-state index in [1.54, 1.807) is 36.5 Å². The lowest BCUT2D eigenvalue weighted by molar-refractivity contribution is -0.383. The fraction of sp³-hybridized carbons (Fsp3) is 0.111. The summed E-state index contributed by atoms with van der Waals surface area (Å²) in [5.74, 6) is 0.417. The molecule has 27 heavy (non-hydrogen) atoms. The molecular formula is C18H16N6O3. The van der Waals surface area contributed by atoms with Gasteiger partial charge in [-0.25, -0.2) is 15.0 Å². The molecule has 0 saturated carbocycles. The zero-order valence-electron chi connectivity index (χ0n) is 14.6. The molecule has 0 aliphatic carbocycles. The summed E-state index contributed by atoms with van der Waals surface area (Å²) in [5, 5.41) is 17.3. The van der Waals surface area contributed by atoms with Gasteiger partial charge in [-0.3, -0.25) is 14.9 Å². The van der Waals surface area contributed by atoms with Crippen molar-refractivity contribution >= 4 is 34.6 Å². The molecule has 0 bridgehead atoms. The fourth-order valence-electron chi connectivity index (χ4n) is 2.32. The van der Waals surface area contributed by atoms with Crippen molar-refractivity contribution in [3.8, 4) is 0 Å². The van der Waals surface area contributed by atoms with Crippen LogP contribution >= 0.6 is 0 Å². The number of nitro groups is 1. The summed E-state index contributed by atoms with van der Waals surface area (Å²) in [5.41, 5.74) is 1.76. The molecule has 0 unspecified atom stereocenters. The molecule has 2 N–H and O–H groups in total. The van der Waals surface area contributed by atoms with E-state index in [1.807, 2.05) is 13.0 Å². The monoisotopic (exact) mass is 364 g/mol. The number of Topliss-reactive ketones (excluding diaryl/α,β-unsaturated/α-hetero) is 1. The smallest absolute Gasteiger partial charge is 0.334 e. The molecule has 0 fully saturated rings. The zero-order valence-corrected chi connectivity index (χ0v) is 14.6. The molecular weight excluding hydrogens is 348 g/mol. The van der Waals surface area contributed by atoms with E-state index in [9.17, 15) is 14.9 Å². The second-order valence-corrected chi connectivity index (χ2v) is 5.78. The molecule has 0 aliphatic rings. The number of hydrogen-bond donors (Lipinski definition) is 2. The third-order valence-corrected chi connectivity index (χ3v) is 3.72. The Morgan fingerprint density at radius 1 is 1.00 bits per heavy atom. The number of ketones is 1. The van der Waals surface area contributed by atoms with Gasteiger partial charge in [-0.2, -0.15) is 0 Å². The normalized spacial score (nSPS) is 10.3. The molecule has 0 spiro atoms. The Morgan fingerprint density at radius 3 is 2.22 bits per heavy atom.